The fourth-order valence-corrected chi connectivity index (χ4v) is 3.30. The van der Waals surface area contributed by atoms with Crippen molar-refractivity contribution in [3.05, 3.63) is 65.7 Å². The van der Waals surface area contributed by atoms with Gasteiger partial charge in [0.1, 0.15) is 0 Å². The van der Waals surface area contributed by atoms with E-state index in [4.69, 9.17) is 0 Å². The number of carbonyl (C=O) groups excluding carboxylic acids is 1. The molecule has 2 aromatic rings. The number of sulfonamides is 1. The van der Waals surface area contributed by atoms with Crippen LogP contribution in [-0.2, 0) is 21.2 Å². The Kier molecular flexibility index (Phi) is 7.78. The number of aryl methyl sites for hydroxylation is 1. The van der Waals surface area contributed by atoms with Crippen molar-refractivity contribution in [1.82, 2.24) is 10.0 Å². The van der Waals surface area contributed by atoms with Crippen LogP contribution in [0.2, 0.25) is 0 Å². The Labute approximate surface area is 167 Å². The average Bonchev–Trinajstić information content (AvgIpc) is 2.70. The van der Waals surface area contributed by atoms with Crippen LogP contribution in [0.4, 0.5) is 5.69 Å². The lowest BCUT2D eigenvalue weighted by Crippen LogP contribution is -2.22. The summed E-state index contributed by atoms with van der Waals surface area (Å²) in [4.78, 5) is 14.2. The Morgan fingerprint density at radius 1 is 1.04 bits per heavy atom. The highest BCUT2D eigenvalue weighted by atomic mass is 32.2. The number of hydrogen-bond acceptors (Lipinski definition) is 4. The summed E-state index contributed by atoms with van der Waals surface area (Å²) in [6.45, 7) is 0.595. The molecule has 2 N–H and O–H groups in total. The summed E-state index contributed by atoms with van der Waals surface area (Å²) in [5.74, 6) is -0.171. The fraction of sp³-hybridized carbons (Fsp3) is 0.286. The van der Waals surface area contributed by atoms with Crippen molar-refractivity contribution in [2.45, 2.75) is 17.7 Å². The molecule has 0 spiro atoms. The molecule has 0 unspecified atom stereocenters. The third-order valence-electron chi connectivity index (χ3n) is 4.28. The van der Waals surface area contributed by atoms with E-state index in [1.165, 1.54) is 36.5 Å². The van der Waals surface area contributed by atoms with Crippen LogP contribution in [0.5, 0.6) is 0 Å². The van der Waals surface area contributed by atoms with Gasteiger partial charge in [0.05, 0.1) is 4.90 Å². The van der Waals surface area contributed by atoms with Crippen molar-refractivity contribution < 1.29 is 13.2 Å². The fourth-order valence-electron chi connectivity index (χ4n) is 2.57. The molecule has 150 valence electrons. The van der Waals surface area contributed by atoms with Gasteiger partial charge in [0.2, 0.25) is 15.9 Å². The van der Waals surface area contributed by atoms with E-state index in [2.05, 4.69) is 39.2 Å². The van der Waals surface area contributed by atoms with E-state index in [-0.39, 0.29) is 10.8 Å². The number of nitrogens with zero attached hydrogens (tertiary/aromatic N) is 1. The Balaban J connectivity index is 1.76. The minimum Gasteiger partial charge on any atom is -0.378 e. The molecule has 0 aromatic heterocycles. The summed E-state index contributed by atoms with van der Waals surface area (Å²) in [6, 6.07) is 14.7. The van der Waals surface area contributed by atoms with Crippen LogP contribution in [0, 0.1) is 0 Å². The maximum atomic E-state index is 11.9. The second kappa shape index (κ2) is 10.1. The summed E-state index contributed by atoms with van der Waals surface area (Å²) in [5, 5.41) is 2.86. The highest BCUT2D eigenvalue weighted by molar-refractivity contribution is 7.89. The molecule has 0 heterocycles. The lowest BCUT2D eigenvalue weighted by Gasteiger charge is -2.12. The van der Waals surface area contributed by atoms with Gasteiger partial charge in [-0.1, -0.05) is 24.3 Å². The van der Waals surface area contributed by atoms with E-state index in [1.807, 2.05) is 14.1 Å². The third kappa shape index (κ3) is 6.51. The summed E-state index contributed by atoms with van der Waals surface area (Å²) in [7, 11) is 1.94. The number of amides is 1. The molecule has 0 aliphatic rings. The second-order valence-corrected chi connectivity index (χ2v) is 8.45. The molecule has 28 heavy (non-hydrogen) atoms. The maximum Gasteiger partial charge on any atom is 0.243 e. The molecule has 0 fully saturated rings. The van der Waals surface area contributed by atoms with Crippen LogP contribution in [0.15, 0.2) is 59.5 Å². The zero-order valence-corrected chi connectivity index (χ0v) is 17.3. The van der Waals surface area contributed by atoms with Gasteiger partial charge < -0.3 is 10.2 Å². The van der Waals surface area contributed by atoms with E-state index in [9.17, 15) is 13.2 Å². The predicted molar refractivity (Wildman–Crippen MR) is 114 cm³/mol. The Morgan fingerprint density at radius 3 is 2.25 bits per heavy atom. The van der Waals surface area contributed by atoms with E-state index >= 15 is 0 Å². The first-order chi connectivity index (χ1) is 13.3. The molecule has 0 saturated heterocycles. The molecule has 1 amide bonds. The zero-order chi connectivity index (χ0) is 20.6. The lowest BCUT2D eigenvalue weighted by atomic mass is 10.1. The second-order valence-electron chi connectivity index (χ2n) is 6.57. The SMILES string of the molecule is CNS(=O)(=O)c1ccc(/C=C/C(=O)NCCCc2ccc(N(C)C)cc2)cc1. The van der Waals surface area contributed by atoms with Gasteiger partial charge in [-0.3, -0.25) is 4.79 Å². The van der Waals surface area contributed by atoms with Crippen molar-refractivity contribution in [2.75, 3.05) is 32.6 Å². The van der Waals surface area contributed by atoms with Crippen molar-refractivity contribution in [3.63, 3.8) is 0 Å². The van der Waals surface area contributed by atoms with Gasteiger partial charge in [-0.2, -0.15) is 0 Å². The molecule has 2 aromatic carbocycles. The third-order valence-corrected chi connectivity index (χ3v) is 5.71. The number of hydrogen-bond donors (Lipinski definition) is 2. The smallest absolute Gasteiger partial charge is 0.243 e. The molecular formula is C21H27N3O3S. The van der Waals surface area contributed by atoms with E-state index in [0.717, 1.165) is 18.4 Å². The maximum absolute atomic E-state index is 11.9. The van der Waals surface area contributed by atoms with Gasteiger partial charge in [0.25, 0.3) is 0 Å². The topological polar surface area (TPSA) is 78.5 Å². The largest absolute Gasteiger partial charge is 0.378 e. The standard InChI is InChI=1S/C21H27N3O3S/c1-22-28(26,27)20-13-8-18(9-14-20)10-15-21(25)23-16-4-5-17-6-11-19(12-7-17)24(2)3/h6-15,22H,4-5,16H2,1-3H3,(H,23,25)/b15-10+. The normalized spacial score (nSPS) is 11.5. The van der Waals surface area contributed by atoms with Gasteiger partial charge in [0, 0.05) is 32.4 Å². The predicted octanol–water partition coefficient (Wildman–Crippen LogP) is 2.42. The highest BCUT2D eigenvalue weighted by Crippen LogP contribution is 2.13. The zero-order valence-electron chi connectivity index (χ0n) is 16.5. The number of rotatable bonds is 9. The molecule has 7 heteroatoms. The van der Waals surface area contributed by atoms with Gasteiger partial charge in [-0.25, -0.2) is 13.1 Å². The molecular weight excluding hydrogens is 374 g/mol. The molecule has 0 aliphatic carbocycles. The van der Waals surface area contributed by atoms with Crippen LogP contribution in [0.25, 0.3) is 6.08 Å². The quantitative estimate of drug-likeness (QED) is 0.500. The molecule has 2 rings (SSSR count). The monoisotopic (exact) mass is 401 g/mol. The van der Waals surface area contributed by atoms with E-state index < -0.39 is 10.0 Å². The van der Waals surface area contributed by atoms with E-state index in [1.54, 1.807) is 18.2 Å². The molecule has 0 aliphatic heterocycles. The summed E-state index contributed by atoms with van der Waals surface area (Å²) in [6.07, 6.45) is 4.87. The van der Waals surface area contributed by atoms with Crippen LogP contribution in [0.3, 0.4) is 0 Å². The first-order valence-electron chi connectivity index (χ1n) is 9.07. The summed E-state index contributed by atoms with van der Waals surface area (Å²) >= 11 is 0. The van der Waals surface area contributed by atoms with Gasteiger partial charge >= 0.3 is 0 Å². The van der Waals surface area contributed by atoms with Crippen LogP contribution in [-0.4, -0.2) is 42.0 Å². The summed E-state index contributed by atoms with van der Waals surface area (Å²) in [5.41, 5.74) is 3.16. The Bertz CT molecular complexity index is 903. The number of nitrogens with one attached hydrogen (secondary N) is 2. The van der Waals surface area contributed by atoms with Crippen molar-refractivity contribution in [2.24, 2.45) is 0 Å². The van der Waals surface area contributed by atoms with Crippen LogP contribution in [0.1, 0.15) is 17.5 Å². The number of carbonyl (C=O) groups is 1. The van der Waals surface area contributed by atoms with Crippen LogP contribution < -0.4 is 14.9 Å². The van der Waals surface area contributed by atoms with Gasteiger partial charge in [-0.15, -0.1) is 0 Å². The number of benzene rings is 2. The van der Waals surface area contributed by atoms with Gasteiger partial charge in [0.15, 0.2) is 0 Å². The minimum atomic E-state index is -3.45. The molecule has 0 atom stereocenters. The van der Waals surface area contributed by atoms with Crippen molar-refractivity contribution in [3.8, 4) is 0 Å². The Hall–Kier alpha value is -2.64. The number of anilines is 1. The highest BCUT2D eigenvalue weighted by Gasteiger charge is 2.09. The molecule has 0 bridgehead atoms. The molecule has 6 nitrogen and oxygen atoms in total. The van der Waals surface area contributed by atoms with Gasteiger partial charge in [-0.05, 0) is 61.4 Å². The lowest BCUT2D eigenvalue weighted by molar-refractivity contribution is -0.116. The van der Waals surface area contributed by atoms with Crippen molar-refractivity contribution >= 4 is 27.7 Å². The molecule has 0 saturated carbocycles. The summed E-state index contributed by atoms with van der Waals surface area (Å²) < 4.78 is 25.6. The minimum absolute atomic E-state index is 0.171. The van der Waals surface area contributed by atoms with Crippen LogP contribution >= 0.6 is 0 Å². The Morgan fingerprint density at radius 2 is 1.68 bits per heavy atom. The van der Waals surface area contributed by atoms with E-state index in [0.29, 0.717) is 6.54 Å². The van der Waals surface area contributed by atoms with Crippen molar-refractivity contribution in [1.29, 1.82) is 0 Å². The average molecular weight is 402 g/mol. The first-order valence-corrected chi connectivity index (χ1v) is 10.6. The molecule has 0 radical (unpaired) electrons. The first kappa shape index (κ1) is 21.7.